The van der Waals surface area contributed by atoms with Crippen LogP contribution < -0.4 is 4.57 Å². The molecule has 0 aliphatic heterocycles. The van der Waals surface area contributed by atoms with Gasteiger partial charge in [-0.25, -0.2) is 4.57 Å². The van der Waals surface area contributed by atoms with Crippen molar-refractivity contribution in [2.75, 3.05) is 0 Å². The molecule has 2 aromatic heterocycles. The molecule has 0 saturated carbocycles. The fourth-order valence-corrected chi connectivity index (χ4v) is 2.05. The smallest absolute Gasteiger partial charge is 0.169 e. The summed E-state index contributed by atoms with van der Waals surface area (Å²) in [5.74, 6) is 1.02. The van der Waals surface area contributed by atoms with Crippen LogP contribution in [0.25, 0.3) is 0 Å². The SMILES string of the molecule is CC(C)c1cc[n+](C[C@H](C)c2ccccn2)cc1. The van der Waals surface area contributed by atoms with Gasteiger partial charge in [0, 0.05) is 24.0 Å². The van der Waals surface area contributed by atoms with E-state index < -0.39 is 0 Å². The average molecular weight is 241 g/mol. The molecule has 18 heavy (non-hydrogen) atoms. The molecule has 0 aliphatic carbocycles. The summed E-state index contributed by atoms with van der Waals surface area (Å²) in [5, 5.41) is 0. The molecule has 2 nitrogen and oxygen atoms in total. The maximum Gasteiger partial charge on any atom is 0.169 e. The molecule has 0 aliphatic rings. The maximum absolute atomic E-state index is 4.41. The molecule has 0 bridgehead atoms. The van der Waals surface area contributed by atoms with E-state index in [1.54, 1.807) is 0 Å². The summed E-state index contributed by atoms with van der Waals surface area (Å²) in [6, 6.07) is 10.5. The van der Waals surface area contributed by atoms with Crippen LogP contribution in [0.3, 0.4) is 0 Å². The molecule has 2 heteroatoms. The second-order valence-corrected chi connectivity index (χ2v) is 5.14. The van der Waals surface area contributed by atoms with E-state index in [0.717, 1.165) is 12.2 Å². The second kappa shape index (κ2) is 5.76. The summed E-state index contributed by atoms with van der Waals surface area (Å²) >= 11 is 0. The Hall–Kier alpha value is -1.70. The third kappa shape index (κ3) is 3.16. The lowest BCUT2D eigenvalue weighted by molar-refractivity contribution is -0.699. The van der Waals surface area contributed by atoms with Gasteiger partial charge in [-0.1, -0.05) is 26.8 Å². The molecular formula is C16H21N2+. The summed E-state index contributed by atoms with van der Waals surface area (Å²) in [5.41, 5.74) is 2.54. The predicted octanol–water partition coefficient (Wildman–Crippen LogP) is 3.30. The maximum atomic E-state index is 4.41. The monoisotopic (exact) mass is 241 g/mol. The first-order valence-electron chi connectivity index (χ1n) is 6.56. The van der Waals surface area contributed by atoms with Gasteiger partial charge in [0.2, 0.25) is 0 Å². The fraction of sp³-hybridized carbons (Fsp3) is 0.375. The van der Waals surface area contributed by atoms with Gasteiger partial charge in [-0.05, 0) is 23.6 Å². The van der Waals surface area contributed by atoms with Crippen LogP contribution in [0, 0.1) is 0 Å². The van der Waals surface area contributed by atoms with Gasteiger partial charge in [0.25, 0.3) is 0 Å². The van der Waals surface area contributed by atoms with Crippen LogP contribution in [-0.4, -0.2) is 4.98 Å². The van der Waals surface area contributed by atoms with Crippen molar-refractivity contribution in [1.82, 2.24) is 4.98 Å². The van der Waals surface area contributed by atoms with Gasteiger partial charge in [0.1, 0.15) is 0 Å². The van der Waals surface area contributed by atoms with Crippen LogP contribution in [0.1, 0.15) is 43.9 Å². The van der Waals surface area contributed by atoms with E-state index in [0.29, 0.717) is 11.8 Å². The highest BCUT2D eigenvalue weighted by molar-refractivity contribution is 5.11. The molecule has 0 saturated heterocycles. The molecule has 2 rings (SSSR count). The van der Waals surface area contributed by atoms with E-state index in [4.69, 9.17) is 0 Å². The Morgan fingerprint density at radius 1 is 1.06 bits per heavy atom. The average Bonchev–Trinajstić information content (AvgIpc) is 2.40. The normalized spacial score (nSPS) is 12.7. The zero-order valence-corrected chi connectivity index (χ0v) is 11.4. The Bertz CT molecular complexity index is 474. The summed E-state index contributed by atoms with van der Waals surface area (Å²) in [6.45, 7) is 7.62. The molecule has 2 aromatic rings. The molecule has 94 valence electrons. The van der Waals surface area contributed by atoms with Crippen molar-refractivity contribution in [3.05, 3.63) is 60.2 Å². The molecule has 0 fully saturated rings. The standard InChI is InChI=1S/C16H21N2/c1-13(2)15-7-10-18(11-8-15)12-14(3)16-6-4-5-9-17-16/h4-11,13-14H,12H2,1-3H3/q+1/t14-/m0/s1. The van der Waals surface area contributed by atoms with E-state index in [1.165, 1.54) is 5.56 Å². The van der Waals surface area contributed by atoms with E-state index in [1.807, 2.05) is 18.3 Å². The molecule has 0 unspecified atom stereocenters. The Labute approximate surface area is 109 Å². The van der Waals surface area contributed by atoms with Gasteiger partial charge in [-0.15, -0.1) is 0 Å². The topological polar surface area (TPSA) is 16.8 Å². The Morgan fingerprint density at radius 3 is 2.33 bits per heavy atom. The first-order chi connectivity index (χ1) is 8.66. The Balaban J connectivity index is 2.05. The summed E-state index contributed by atoms with van der Waals surface area (Å²) in [4.78, 5) is 4.41. The number of nitrogens with zero attached hydrogens (tertiary/aromatic N) is 2. The number of aromatic nitrogens is 2. The van der Waals surface area contributed by atoms with E-state index in [9.17, 15) is 0 Å². The highest BCUT2D eigenvalue weighted by Gasteiger charge is 2.12. The zero-order valence-electron chi connectivity index (χ0n) is 11.4. The van der Waals surface area contributed by atoms with E-state index in [2.05, 4.69) is 60.9 Å². The molecule has 0 spiro atoms. The highest BCUT2D eigenvalue weighted by atomic mass is 14.9. The molecule has 1 atom stereocenters. The quantitative estimate of drug-likeness (QED) is 0.750. The molecule has 2 heterocycles. The molecular weight excluding hydrogens is 220 g/mol. The van der Waals surface area contributed by atoms with Gasteiger partial charge in [0.15, 0.2) is 18.9 Å². The van der Waals surface area contributed by atoms with Gasteiger partial charge in [0.05, 0.1) is 5.92 Å². The lowest BCUT2D eigenvalue weighted by Gasteiger charge is -2.08. The van der Waals surface area contributed by atoms with Crippen molar-refractivity contribution in [2.45, 2.75) is 39.2 Å². The van der Waals surface area contributed by atoms with Crippen LogP contribution in [0.5, 0.6) is 0 Å². The largest absolute Gasteiger partial charge is 0.261 e. The van der Waals surface area contributed by atoms with Gasteiger partial charge < -0.3 is 0 Å². The summed E-state index contributed by atoms with van der Waals surface area (Å²) < 4.78 is 2.23. The lowest BCUT2D eigenvalue weighted by Crippen LogP contribution is -2.35. The molecule has 0 aromatic carbocycles. The van der Waals surface area contributed by atoms with Crippen LogP contribution >= 0.6 is 0 Å². The number of hydrogen-bond acceptors (Lipinski definition) is 1. The number of hydrogen-bond donors (Lipinski definition) is 0. The van der Waals surface area contributed by atoms with E-state index in [-0.39, 0.29) is 0 Å². The minimum Gasteiger partial charge on any atom is -0.261 e. The van der Waals surface area contributed by atoms with Crippen molar-refractivity contribution in [3.63, 3.8) is 0 Å². The number of pyridine rings is 2. The Kier molecular flexibility index (Phi) is 4.08. The predicted molar refractivity (Wildman–Crippen MR) is 73.4 cm³/mol. The lowest BCUT2D eigenvalue weighted by atomic mass is 10.0. The minimum absolute atomic E-state index is 0.432. The van der Waals surface area contributed by atoms with Crippen molar-refractivity contribution < 1.29 is 4.57 Å². The third-order valence-corrected chi connectivity index (χ3v) is 3.26. The van der Waals surface area contributed by atoms with Crippen molar-refractivity contribution in [1.29, 1.82) is 0 Å². The highest BCUT2D eigenvalue weighted by Crippen LogP contribution is 2.13. The first-order valence-corrected chi connectivity index (χ1v) is 6.56. The first kappa shape index (κ1) is 12.7. The van der Waals surface area contributed by atoms with Gasteiger partial charge in [-0.2, -0.15) is 0 Å². The molecule has 0 N–H and O–H groups in total. The van der Waals surface area contributed by atoms with Crippen molar-refractivity contribution in [3.8, 4) is 0 Å². The van der Waals surface area contributed by atoms with Gasteiger partial charge in [-0.3, -0.25) is 4.98 Å². The fourth-order valence-electron chi connectivity index (χ4n) is 2.05. The van der Waals surface area contributed by atoms with Crippen LogP contribution in [0.4, 0.5) is 0 Å². The molecule has 0 amide bonds. The van der Waals surface area contributed by atoms with Crippen LogP contribution in [0.2, 0.25) is 0 Å². The number of rotatable bonds is 4. The Morgan fingerprint density at radius 2 is 1.78 bits per heavy atom. The van der Waals surface area contributed by atoms with Gasteiger partial charge >= 0.3 is 0 Å². The third-order valence-electron chi connectivity index (χ3n) is 3.26. The molecule has 0 radical (unpaired) electrons. The zero-order chi connectivity index (χ0) is 13.0. The van der Waals surface area contributed by atoms with Crippen LogP contribution in [0.15, 0.2) is 48.9 Å². The van der Waals surface area contributed by atoms with Crippen LogP contribution in [-0.2, 0) is 6.54 Å². The minimum atomic E-state index is 0.432. The van der Waals surface area contributed by atoms with E-state index >= 15 is 0 Å². The van der Waals surface area contributed by atoms with Crippen molar-refractivity contribution >= 4 is 0 Å². The summed E-state index contributed by atoms with van der Waals surface area (Å²) in [7, 11) is 0. The summed E-state index contributed by atoms with van der Waals surface area (Å²) in [6.07, 6.45) is 6.18. The van der Waals surface area contributed by atoms with Crippen molar-refractivity contribution in [2.24, 2.45) is 0 Å². The second-order valence-electron chi connectivity index (χ2n) is 5.14.